The predicted molar refractivity (Wildman–Crippen MR) is 332 cm³/mol. The molecule has 8 aromatic rings. The molecule has 4 aromatic heterocycles. The molecule has 1 saturated heterocycles. The van der Waals surface area contributed by atoms with Crippen LogP contribution in [0.1, 0.15) is 66.5 Å². The van der Waals surface area contributed by atoms with Gasteiger partial charge in [0, 0.05) is 138 Å². The molecule has 4 aromatic carbocycles. The summed E-state index contributed by atoms with van der Waals surface area (Å²) in [4.78, 5) is 32.5. The molecule has 0 radical (unpaired) electrons. The van der Waals surface area contributed by atoms with Crippen LogP contribution in [0, 0.1) is 0 Å². The van der Waals surface area contributed by atoms with Crippen LogP contribution in [0.25, 0.3) is 43.6 Å². The van der Waals surface area contributed by atoms with Gasteiger partial charge in [0.05, 0.1) is 35.0 Å². The second kappa shape index (κ2) is 32.5. The third kappa shape index (κ3) is 18.5. The Balaban J connectivity index is 0.000000267. The molecule has 24 heteroatoms. The van der Waals surface area contributed by atoms with Crippen molar-refractivity contribution in [2.45, 2.75) is 73.3 Å². The first kappa shape index (κ1) is 69.0. The minimum absolute atomic E-state index is 0. The molecule has 0 aliphatic carbocycles. The van der Waals surface area contributed by atoms with E-state index < -0.39 is 5.20 Å². The SMILES string of the molecule is C.C1CCOC1.CCOC(=O)c1cc2cc(OC)ccc2[nH]1.COc1ccc2c(c1)c(C=O)c1n2CCN(C)C1.COc1ccc2c(c1)cc1n2CCN(B(C)O)C1.COc1ccc2c(c1)cc1n2CCN(C)C1.O=P(Cl)(Cl)Cl.[AlH3].[H-].[Li+]. The van der Waals surface area contributed by atoms with Gasteiger partial charge in [-0.1, -0.05) is 7.43 Å². The molecule has 0 spiro atoms. The molecular formula is C57H78AlBCl3LiN7O10P. The van der Waals surface area contributed by atoms with Crippen molar-refractivity contribution in [1.29, 1.82) is 0 Å². The minimum Gasteiger partial charge on any atom is -1.00 e. The number of hydrogen-bond acceptors (Lipinski definition) is 13. The third-order valence-corrected chi connectivity index (χ3v) is 13.8. The average Bonchev–Trinajstić information content (AvgIpc) is 4.30. The molecule has 4 aliphatic heterocycles. The first-order chi connectivity index (χ1) is 37.4. The number of methoxy groups -OCH3 is 4. The van der Waals surface area contributed by atoms with E-state index in [2.05, 4.69) is 118 Å². The summed E-state index contributed by atoms with van der Waals surface area (Å²) >= 11 is 13.8. The van der Waals surface area contributed by atoms with Gasteiger partial charge in [-0.2, -0.15) is 0 Å². The van der Waals surface area contributed by atoms with Gasteiger partial charge in [0.2, 0.25) is 0 Å². The van der Waals surface area contributed by atoms with Crippen LogP contribution in [-0.4, -0.2) is 157 Å². The number of likely N-dealkylation sites (N-methyl/N-ethyl adjacent to an activating group) is 2. The maximum atomic E-state index is 11.5. The Bertz CT molecular complexity index is 3360. The van der Waals surface area contributed by atoms with Crippen molar-refractivity contribution in [2.24, 2.45) is 0 Å². The quantitative estimate of drug-likeness (QED) is 0.0649. The number of rotatable bonds is 8. The number of aromatic nitrogens is 4. The number of nitrogens with zero attached hydrogens (tertiary/aromatic N) is 6. The molecule has 2 N–H and O–H groups in total. The van der Waals surface area contributed by atoms with Gasteiger partial charge in [0.1, 0.15) is 28.7 Å². The second-order valence-corrected chi connectivity index (χ2v) is 25.7. The number of esters is 1. The zero-order valence-electron chi connectivity index (χ0n) is 47.6. The first-order valence-corrected chi connectivity index (χ1v) is 30.2. The summed E-state index contributed by atoms with van der Waals surface area (Å²) in [6.45, 7) is 14.6. The van der Waals surface area contributed by atoms with Crippen LogP contribution in [0.15, 0.2) is 91.0 Å². The molecule has 434 valence electrons. The van der Waals surface area contributed by atoms with E-state index in [0.717, 1.165) is 134 Å². The van der Waals surface area contributed by atoms with E-state index in [9.17, 15) is 19.2 Å². The second-order valence-electron chi connectivity index (χ2n) is 19.1. The van der Waals surface area contributed by atoms with E-state index in [-0.39, 0.29) is 58.1 Å². The van der Waals surface area contributed by atoms with Crippen LogP contribution in [-0.2, 0) is 53.3 Å². The zero-order valence-corrected chi connectivity index (χ0v) is 49.8. The van der Waals surface area contributed by atoms with Gasteiger partial charge in [-0.3, -0.25) is 19.2 Å². The van der Waals surface area contributed by atoms with Gasteiger partial charge >= 0.3 is 37.1 Å². The molecule has 17 nitrogen and oxygen atoms in total. The molecule has 0 atom stereocenters. The van der Waals surface area contributed by atoms with Crippen LogP contribution in [0.2, 0.25) is 6.82 Å². The number of H-pyrrole nitrogens is 1. The Morgan fingerprint density at radius 2 is 1.16 bits per heavy atom. The summed E-state index contributed by atoms with van der Waals surface area (Å²) in [6.07, 6.45) is 3.52. The summed E-state index contributed by atoms with van der Waals surface area (Å²) in [6, 6.07) is 30.2. The number of fused-ring (bicyclic) bond motifs is 10. The molecule has 0 amide bonds. The standard InChI is InChI=1S/C14H16N2O2.C13H17BN2O2.C13H16N2O.C12H13NO3.C4H8O.CH4.Al.Cl3OP.Li.4H/c1-15-5-6-16-13-4-3-10(18-2)7-11(13)12(9-17)14(16)8-15;1-14(17)15-5-6-16-11(9-15)7-10-8-12(18-2)3-4-13(10)16;1-14-5-6-15-11(9-14)7-10-8-12(16-2)3-4-13(10)15;1-3-16-12(14)11-7-8-6-9(15-2)4-5-10(8)13-11;1-2-4-5-3-1;;;1-5(2,3)4;;;;;/h3-4,7,9H,5-6,8H2,1-2H3;3-4,7-8,17H,5-6,9H2,1-2H3;3-4,7-8H,5-6,9H2,1-2H3;4-7,13H,3H2,1-2H3;1-4H2;1H4;;;;;;;/q;;;;;;;;+1;;;;-1. The molecule has 81 heavy (non-hydrogen) atoms. The number of benzene rings is 4. The molecule has 0 saturated carbocycles. The Morgan fingerprint density at radius 1 is 0.691 bits per heavy atom. The van der Waals surface area contributed by atoms with Crippen LogP contribution < -0.4 is 37.8 Å². The minimum atomic E-state index is -3.22. The summed E-state index contributed by atoms with van der Waals surface area (Å²) in [5, 5.41) is 10.8. The van der Waals surface area contributed by atoms with E-state index in [1.807, 2.05) is 55.4 Å². The smallest absolute Gasteiger partial charge is 1.00 e. The fourth-order valence-corrected chi connectivity index (χ4v) is 9.89. The van der Waals surface area contributed by atoms with Crippen molar-refractivity contribution < 1.29 is 67.9 Å². The normalized spacial score (nSPS) is 14.5. The molecule has 0 unspecified atom stereocenters. The monoisotopic (exact) mass is 1200 g/mol. The van der Waals surface area contributed by atoms with Gasteiger partial charge in [-0.25, -0.2) is 4.79 Å². The zero-order chi connectivity index (χ0) is 56.1. The molecule has 12 rings (SSSR count). The summed E-state index contributed by atoms with van der Waals surface area (Å²) in [5.41, 5.74) is 9.62. The fourth-order valence-electron chi connectivity index (χ4n) is 9.89. The Hall–Kier alpha value is -4.53. The number of hydrogen-bond donors (Lipinski definition) is 2. The van der Waals surface area contributed by atoms with Gasteiger partial charge in [-0.05, 0) is 165 Å². The predicted octanol–water partition coefficient (Wildman–Crippen LogP) is 8.11. The van der Waals surface area contributed by atoms with Crippen LogP contribution in [0.3, 0.4) is 0 Å². The first-order valence-electron chi connectivity index (χ1n) is 25.8. The largest absolute Gasteiger partial charge is 1.00 e. The third-order valence-electron chi connectivity index (χ3n) is 13.8. The molecule has 0 bridgehead atoms. The summed E-state index contributed by atoms with van der Waals surface area (Å²) in [7, 11) is 10.5. The molecule has 8 heterocycles. The molecule has 4 aliphatic rings. The van der Waals surface area contributed by atoms with Crippen molar-refractivity contribution in [3.63, 3.8) is 0 Å². The van der Waals surface area contributed by atoms with Crippen molar-refractivity contribution in [3.05, 3.63) is 119 Å². The number of nitrogens with one attached hydrogen (secondary N) is 1. The number of aldehydes is 1. The summed E-state index contributed by atoms with van der Waals surface area (Å²) < 4.78 is 47.2. The summed E-state index contributed by atoms with van der Waals surface area (Å²) in [5.74, 6) is 3.04. The van der Waals surface area contributed by atoms with Crippen molar-refractivity contribution in [1.82, 2.24) is 33.3 Å². The van der Waals surface area contributed by atoms with E-state index in [1.54, 1.807) is 41.4 Å². The number of carbonyl (C=O) groups excluding carboxylic acids is 2. The van der Waals surface area contributed by atoms with Crippen LogP contribution >= 0.6 is 38.9 Å². The fraction of sp³-hybridized carbons (Fsp3) is 0.404. The molecular weight excluding hydrogens is 1120 g/mol. The maximum Gasteiger partial charge on any atom is 1.00 e. The van der Waals surface area contributed by atoms with Crippen LogP contribution in [0.4, 0.5) is 0 Å². The van der Waals surface area contributed by atoms with Gasteiger partial charge in [0.25, 0.3) is 0 Å². The molecule has 1 fully saturated rings. The van der Waals surface area contributed by atoms with Crippen molar-refractivity contribution >= 4 is 119 Å². The van der Waals surface area contributed by atoms with Gasteiger partial charge < -0.3 is 58.4 Å². The van der Waals surface area contributed by atoms with E-state index >= 15 is 0 Å². The maximum absolute atomic E-state index is 11.5. The van der Waals surface area contributed by atoms with E-state index in [4.69, 9.17) is 28.4 Å². The Morgan fingerprint density at radius 3 is 1.65 bits per heavy atom. The Labute approximate surface area is 514 Å². The Kier molecular flexibility index (Phi) is 27.7. The van der Waals surface area contributed by atoms with Crippen LogP contribution in [0.5, 0.6) is 23.0 Å². The number of ether oxygens (including phenoxy) is 6. The van der Waals surface area contributed by atoms with E-state index in [1.165, 1.54) is 46.0 Å². The number of carbonyl (C=O) groups is 2. The van der Waals surface area contributed by atoms with Crippen molar-refractivity contribution in [2.75, 3.05) is 82.0 Å². The van der Waals surface area contributed by atoms with E-state index in [0.29, 0.717) is 12.3 Å². The topological polar surface area (TPSA) is 167 Å². The van der Waals surface area contributed by atoms with Gasteiger partial charge in [0.15, 0.2) is 23.6 Å². The average molecular weight is 1200 g/mol. The van der Waals surface area contributed by atoms with Crippen molar-refractivity contribution in [3.8, 4) is 23.0 Å². The van der Waals surface area contributed by atoms with Gasteiger partial charge in [-0.15, -0.1) is 0 Å². The number of aromatic amines is 1. The number of halogens is 3.